The van der Waals surface area contributed by atoms with Gasteiger partial charge in [-0.05, 0) is 18.1 Å². The van der Waals surface area contributed by atoms with E-state index in [-0.39, 0.29) is 23.0 Å². The highest BCUT2D eigenvalue weighted by molar-refractivity contribution is 5.49. The lowest BCUT2D eigenvalue weighted by Crippen LogP contribution is -2.23. The predicted molar refractivity (Wildman–Crippen MR) is 72.4 cm³/mol. The third-order valence-corrected chi connectivity index (χ3v) is 3.65. The van der Waals surface area contributed by atoms with Crippen LogP contribution in [0, 0.1) is 0 Å². The summed E-state index contributed by atoms with van der Waals surface area (Å²) >= 11 is 0. The van der Waals surface area contributed by atoms with E-state index in [1.807, 2.05) is 13.8 Å². The number of phenolic OH excluding ortho intramolecular Hbond substituents is 2. The van der Waals surface area contributed by atoms with Gasteiger partial charge >= 0.3 is 0 Å². The quantitative estimate of drug-likeness (QED) is 0.658. The van der Waals surface area contributed by atoms with Gasteiger partial charge < -0.3 is 20.4 Å². The largest absolute Gasteiger partial charge is 0.512 e. The Hall–Kier alpha value is -2.10. The van der Waals surface area contributed by atoms with Gasteiger partial charge in [0.2, 0.25) is 0 Å². The van der Waals surface area contributed by atoms with Gasteiger partial charge in [-0.3, -0.25) is 0 Å². The summed E-state index contributed by atoms with van der Waals surface area (Å²) in [5.74, 6) is 0.189. The topological polar surface area (TPSA) is 80.9 Å². The molecule has 2 rings (SSSR count). The Morgan fingerprint density at radius 2 is 1.68 bits per heavy atom. The lowest BCUT2D eigenvalue weighted by molar-refractivity contribution is 0.344. The van der Waals surface area contributed by atoms with Crippen LogP contribution in [0.5, 0.6) is 11.5 Å². The second-order valence-electron chi connectivity index (χ2n) is 5.33. The first-order chi connectivity index (χ1) is 8.82. The van der Waals surface area contributed by atoms with Crippen molar-refractivity contribution in [2.45, 2.75) is 32.1 Å². The highest BCUT2D eigenvalue weighted by Crippen LogP contribution is 2.42. The first-order valence-electron chi connectivity index (χ1n) is 6.17. The summed E-state index contributed by atoms with van der Waals surface area (Å²) in [5.41, 5.74) is 0.798. The van der Waals surface area contributed by atoms with Gasteiger partial charge in [0.15, 0.2) is 0 Å². The van der Waals surface area contributed by atoms with Crippen molar-refractivity contribution in [3.8, 4) is 11.5 Å². The molecule has 4 nitrogen and oxygen atoms in total. The molecule has 4 heteroatoms. The second kappa shape index (κ2) is 4.53. The first kappa shape index (κ1) is 13.3. The zero-order valence-electron chi connectivity index (χ0n) is 11.0. The molecule has 0 amide bonds. The Morgan fingerprint density at radius 1 is 1.00 bits per heavy atom. The molecular formula is C15H18O4. The first-order valence-corrected chi connectivity index (χ1v) is 6.17. The molecule has 102 valence electrons. The maximum atomic E-state index is 9.99. The summed E-state index contributed by atoms with van der Waals surface area (Å²) < 4.78 is 0. The zero-order valence-corrected chi connectivity index (χ0v) is 11.0. The summed E-state index contributed by atoms with van der Waals surface area (Å²) in [6.07, 6.45) is 2.35. The fourth-order valence-corrected chi connectivity index (χ4v) is 2.54. The Balaban J connectivity index is 2.51. The van der Waals surface area contributed by atoms with Gasteiger partial charge in [0.25, 0.3) is 0 Å². The molecule has 0 saturated carbocycles. The number of hydrogen-bond donors (Lipinski definition) is 4. The van der Waals surface area contributed by atoms with E-state index in [0.717, 1.165) is 5.57 Å². The number of benzene rings is 1. The monoisotopic (exact) mass is 262 g/mol. The van der Waals surface area contributed by atoms with E-state index < -0.39 is 5.41 Å². The van der Waals surface area contributed by atoms with Crippen molar-refractivity contribution in [2.75, 3.05) is 0 Å². The van der Waals surface area contributed by atoms with E-state index in [9.17, 15) is 20.4 Å². The van der Waals surface area contributed by atoms with Crippen LogP contribution in [0.15, 0.2) is 41.4 Å². The van der Waals surface area contributed by atoms with E-state index in [0.29, 0.717) is 18.4 Å². The predicted octanol–water partition coefficient (Wildman–Crippen LogP) is 3.42. The molecular weight excluding hydrogens is 244 g/mol. The van der Waals surface area contributed by atoms with Crippen LogP contribution < -0.4 is 0 Å². The molecule has 0 spiro atoms. The van der Waals surface area contributed by atoms with Gasteiger partial charge in [-0.1, -0.05) is 19.9 Å². The van der Waals surface area contributed by atoms with Crippen molar-refractivity contribution in [1.29, 1.82) is 0 Å². The van der Waals surface area contributed by atoms with Crippen molar-refractivity contribution in [2.24, 2.45) is 0 Å². The molecule has 0 heterocycles. The molecule has 1 aliphatic carbocycles. The molecule has 0 saturated heterocycles. The van der Waals surface area contributed by atoms with Gasteiger partial charge in [-0.25, -0.2) is 0 Å². The van der Waals surface area contributed by atoms with Crippen molar-refractivity contribution >= 4 is 0 Å². The molecule has 19 heavy (non-hydrogen) atoms. The van der Waals surface area contributed by atoms with Gasteiger partial charge in [0.1, 0.15) is 17.3 Å². The van der Waals surface area contributed by atoms with Crippen molar-refractivity contribution in [3.63, 3.8) is 0 Å². The molecule has 1 aliphatic rings. The number of aliphatic hydroxyl groups is 2. The Morgan fingerprint density at radius 3 is 2.26 bits per heavy atom. The van der Waals surface area contributed by atoms with Crippen LogP contribution in [0.3, 0.4) is 0 Å². The molecule has 0 bridgehead atoms. The maximum absolute atomic E-state index is 9.99. The van der Waals surface area contributed by atoms with Crippen LogP contribution in [-0.4, -0.2) is 20.4 Å². The highest BCUT2D eigenvalue weighted by Gasteiger charge is 2.32. The van der Waals surface area contributed by atoms with Crippen LogP contribution >= 0.6 is 0 Å². The number of rotatable bonds is 2. The van der Waals surface area contributed by atoms with Crippen molar-refractivity contribution in [1.82, 2.24) is 0 Å². The van der Waals surface area contributed by atoms with Crippen LogP contribution in [0.1, 0.15) is 32.3 Å². The molecule has 0 unspecified atom stereocenters. The molecule has 0 radical (unpaired) electrons. The minimum Gasteiger partial charge on any atom is -0.512 e. The number of hydrogen-bond acceptors (Lipinski definition) is 4. The third kappa shape index (κ3) is 2.38. The lowest BCUT2D eigenvalue weighted by atomic mass is 9.73. The Kier molecular flexibility index (Phi) is 3.18. The number of aliphatic hydroxyl groups excluding tert-OH is 2. The third-order valence-electron chi connectivity index (χ3n) is 3.65. The van der Waals surface area contributed by atoms with E-state index in [2.05, 4.69) is 0 Å². The average Bonchev–Trinajstić information content (AvgIpc) is 2.27. The van der Waals surface area contributed by atoms with Gasteiger partial charge in [-0.15, -0.1) is 0 Å². The van der Waals surface area contributed by atoms with Gasteiger partial charge in [0.05, 0.1) is 5.76 Å². The summed E-state index contributed by atoms with van der Waals surface area (Å²) in [6, 6.07) is 4.43. The fourth-order valence-electron chi connectivity index (χ4n) is 2.54. The number of allylic oxidation sites excluding steroid dienone is 3. The summed E-state index contributed by atoms with van der Waals surface area (Å²) in [7, 11) is 0. The fraction of sp³-hybridized carbons (Fsp3) is 0.333. The molecule has 0 aromatic heterocycles. The molecule has 0 aliphatic heterocycles. The van der Waals surface area contributed by atoms with Gasteiger partial charge in [0, 0.05) is 29.5 Å². The van der Waals surface area contributed by atoms with E-state index in [4.69, 9.17) is 0 Å². The van der Waals surface area contributed by atoms with Crippen LogP contribution in [-0.2, 0) is 5.41 Å². The Bertz CT molecular complexity index is 568. The van der Waals surface area contributed by atoms with Gasteiger partial charge in [-0.2, -0.15) is 0 Å². The second-order valence-corrected chi connectivity index (χ2v) is 5.33. The van der Waals surface area contributed by atoms with Crippen molar-refractivity contribution < 1.29 is 20.4 Å². The standard InChI is InChI=1S/C15H18O4/c1-15(2,11-5-3-9(16)7-13(11)18)12-6-4-10(17)8-14(12)19/h3,5,7-8,16-19H,4,6H2,1-2H3. The zero-order chi connectivity index (χ0) is 14.2. The van der Waals surface area contributed by atoms with E-state index >= 15 is 0 Å². The SMILES string of the molecule is CC(C)(C1=C(O)C=C(O)CC1)c1ccc(O)cc1O. The minimum atomic E-state index is -0.584. The molecule has 1 aromatic carbocycles. The molecule has 1 aromatic rings. The molecule has 4 N–H and O–H groups in total. The van der Waals surface area contributed by atoms with Crippen LogP contribution in [0.2, 0.25) is 0 Å². The van der Waals surface area contributed by atoms with E-state index in [1.54, 1.807) is 6.07 Å². The summed E-state index contributed by atoms with van der Waals surface area (Å²) in [6.45, 7) is 3.78. The number of aromatic hydroxyl groups is 2. The lowest BCUT2D eigenvalue weighted by Gasteiger charge is -2.31. The van der Waals surface area contributed by atoms with Crippen LogP contribution in [0.4, 0.5) is 0 Å². The summed E-state index contributed by atoms with van der Waals surface area (Å²) in [5, 5.41) is 38.7. The average molecular weight is 262 g/mol. The molecule has 0 atom stereocenters. The minimum absolute atomic E-state index is 0.00330. The Labute approximate surface area is 112 Å². The number of phenols is 2. The maximum Gasteiger partial charge on any atom is 0.123 e. The molecule has 0 fully saturated rings. The van der Waals surface area contributed by atoms with E-state index in [1.165, 1.54) is 18.2 Å². The highest BCUT2D eigenvalue weighted by atomic mass is 16.3. The normalized spacial score (nSPS) is 16.4. The summed E-state index contributed by atoms with van der Waals surface area (Å²) in [4.78, 5) is 0. The van der Waals surface area contributed by atoms with Crippen LogP contribution in [0.25, 0.3) is 0 Å². The smallest absolute Gasteiger partial charge is 0.123 e. The van der Waals surface area contributed by atoms with Crippen molar-refractivity contribution in [3.05, 3.63) is 46.9 Å².